The molecule has 0 aliphatic carbocycles. The molecule has 1 heterocycles. The van der Waals surface area contributed by atoms with Crippen molar-refractivity contribution < 1.29 is 14.3 Å². The van der Waals surface area contributed by atoms with E-state index in [0.29, 0.717) is 24.5 Å². The van der Waals surface area contributed by atoms with Crippen molar-refractivity contribution in [3.05, 3.63) is 48.2 Å². The molecule has 0 saturated carbocycles. The van der Waals surface area contributed by atoms with Crippen LogP contribution in [0.15, 0.2) is 42.6 Å². The van der Waals surface area contributed by atoms with Crippen LogP contribution in [0.2, 0.25) is 0 Å². The second kappa shape index (κ2) is 9.77. The van der Waals surface area contributed by atoms with Gasteiger partial charge in [-0.25, -0.2) is 4.68 Å². The molecule has 24 heavy (non-hydrogen) atoms. The topological polar surface area (TPSA) is 73.2 Å². The number of amides is 1. The highest BCUT2D eigenvalue weighted by atomic mass is 32.2. The molecular formula is C17H21N3O3S. The number of ether oxygens (including phenoxy) is 1. The van der Waals surface area contributed by atoms with Crippen LogP contribution in [0.1, 0.15) is 12.0 Å². The third-order valence-corrected chi connectivity index (χ3v) is 4.29. The summed E-state index contributed by atoms with van der Waals surface area (Å²) in [6.45, 7) is 0.698. The molecule has 0 aliphatic rings. The van der Waals surface area contributed by atoms with Gasteiger partial charge in [0.25, 0.3) is 0 Å². The Morgan fingerprint density at radius 1 is 1.25 bits per heavy atom. The van der Waals surface area contributed by atoms with E-state index in [2.05, 4.69) is 27.3 Å². The molecule has 6 nitrogen and oxygen atoms in total. The van der Waals surface area contributed by atoms with Crippen molar-refractivity contribution in [2.75, 3.05) is 23.9 Å². The minimum absolute atomic E-state index is 0.0890. The maximum absolute atomic E-state index is 12.0. The number of hydrogen-bond donors (Lipinski definition) is 1. The number of carbonyl (C=O) groups is 2. The molecule has 1 amide bonds. The van der Waals surface area contributed by atoms with Crippen LogP contribution in [0, 0.1) is 0 Å². The summed E-state index contributed by atoms with van der Waals surface area (Å²) in [4.78, 5) is 23.0. The third-order valence-electron chi connectivity index (χ3n) is 3.36. The zero-order chi connectivity index (χ0) is 17.2. The van der Waals surface area contributed by atoms with Gasteiger partial charge in [0, 0.05) is 24.8 Å². The molecule has 1 N–H and O–H groups in total. The van der Waals surface area contributed by atoms with Crippen LogP contribution in [0.3, 0.4) is 0 Å². The molecule has 0 aliphatic heterocycles. The van der Waals surface area contributed by atoms with Gasteiger partial charge in [-0.1, -0.05) is 30.3 Å². The number of anilines is 1. The lowest BCUT2D eigenvalue weighted by atomic mass is 10.1. The Balaban J connectivity index is 1.75. The standard InChI is InChI=1S/C17H21N3O3S/c1-23-17(22)13-24-12-9-16(21)19-15-7-10-18-20(15)11-8-14-5-3-2-4-6-14/h2-7,10H,8-9,11-13H2,1H3,(H,19,21). The quantitative estimate of drug-likeness (QED) is 0.557. The van der Waals surface area contributed by atoms with Crippen LogP contribution in [0.25, 0.3) is 0 Å². The predicted molar refractivity (Wildman–Crippen MR) is 95.0 cm³/mol. The van der Waals surface area contributed by atoms with E-state index < -0.39 is 0 Å². The van der Waals surface area contributed by atoms with E-state index in [9.17, 15) is 9.59 Å². The molecule has 0 saturated heterocycles. The fourth-order valence-corrected chi connectivity index (χ4v) is 2.84. The number of aryl methyl sites for hydroxylation is 2. The van der Waals surface area contributed by atoms with Gasteiger partial charge in [0.1, 0.15) is 5.82 Å². The summed E-state index contributed by atoms with van der Waals surface area (Å²) in [5.41, 5.74) is 1.23. The van der Waals surface area contributed by atoms with Crippen molar-refractivity contribution in [1.82, 2.24) is 9.78 Å². The molecule has 2 aromatic rings. The van der Waals surface area contributed by atoms with Crippen LogP contribution in [-0.4, -0.2) is 40.3 Å². The maximum atomic E-state index is 12.0. The molecule has 1 aromatic heterocycles. The molecule has 0 unspecified atom stereocenters. The summed E-state index contributed by atoms with van der Waals surface area (Å²) in [6.07, 6.45) is 2.86. The number of hydrogen-bond acceptors (Lipinski definition) is 5. The second-order valence-electron chi connectivity index (χ2n) is 5.10. The highest BCUT2D eigenvalue weighted by Gasteiger charge is 2.08. The fraction of sp³-hybridized carbons (Fsp3) is 0.353. The first-order valence-corrected chi connectivity index (χ1v) is 8.84. The maximum Gasteiger partial charge on any atom is 0.315 e. The Hall–Kier alpha value is -2.28. The number of methoxy groups -OCH3 is 1. The van der Waals surface area contributed by atoms with Crippen molar-refractivity contribution in [1.29, 1.82) is 0 Å². The van der Waals surface area contributed by atoms with Gasteiger partial charge in [0.05, 0.1) is 19.1 Å². The normalized spacial score (nSPS) is 10.4. The minimum Gasteiger partial charge on any atom is -0.468 e. The number of carbonyl (C=O) groups excluding carboxylic acids is 2. The number of rotatable bonds is 9. The van der Waals surface area contributed by atoms with Gasteiger partial charge < -0.3 is 10.1 Å². The van der Waals surface area contributed by atoms with Crippen LogP contribution >= 0.6 is 11.8 Å². The predicted octanol–water partition coefficient (Wildman–Crippen LogP) is 2.36. The van der Waals surface area contributed by atoms with Crippen molar-refractivity contribution in [3.63, 3.8) is 0 Å². The Kier molecular flexibility index (Phi) is 7.35. The van der Waals surface area contributed by atoms with Crippen molar-refractivity contribution in [2.24, 2.45) is 0 Å². The number of thioether (sulfide) groups is 1. The van der Waals surface area contributed by atoms with Gasteiger partial charge in [0.2, 0.25) is 5.91 Å². The number of benzene rings is 1. The summed E-state index contributed by atoms with van der Waals surface area (Å²) in [5, 5.41) is 7.11. The first-order chi connectivity index (χ1) is 11.7. The molecule has 0 atom stereocenters. The Morgan fingerprint density at radius 2 is 2.04 bits per heavy atom. The summed E-state index contributed by atoms with van der Waals surface area (Å²) in [7, 11) is 1.35. The van der Waals surface area contributed by atoms with Gasteiger partial charge in [-0.3, -0.25) is 9.59 Å². The SMILES string of the molecule is COC(=O)CSCCC(=O)Nc1ccnn1CCc1ccccc1. The Bertz CT molecular complexity index is 658. The van der Waals surface area contributed by atoms with E-state index in [0.717, 1.165) is 6.42 Å². The minimum atomic E-state index is -0.278. The summed E-state index contributed by atoms with van der Waals surface area (Å²) < 4.78 is 6.33. The second-order valence-corrected chi connectivity index (χ2v) is 6.21. The lowest BCUT2D eigenvalue weighted by molar-refractivity contribution is -0.137. The molecule has 7 heteroatoms. The molecule has 0 bridgehead atoms. The highest BCUT2D eigenvalue weighted by molar-refractivity contribution is 7.99. The Morgan fingerprint density at radius 3 is 2.79 bits per heavy atom. The molecule has 128 valence electrons. The van der Waals surface area contributed by atoms with Crippen LogP contribution in [0.4, 0.5) is 5.82 Å². The van der Waals surface area contributed by atoms with Gasteiger partial charge in [-0.2, -0.15) is 5.10 Å². The van der Waals surface area contributed by atoms with Crippen LogP contribution in [-0.2, 0) is 27.3 Å². The van der Waals surface area contributed by atoms with Crippen molar-refractivity contribution in [3.8, 4) is 0 Å². The van der Waals surface area contributed by atoms with Crippen LogP contribution in [0.5, 0.6) is 0 Å². The van der Waals surface area contributed by atoms with E-state index in [1.165, 1.54) is 24.4 Å². The fourth-order valence-electron chi connectivity index (χ4n) is 2.08. The van der Waals surface area contributed by atoms with Gasteiger partial charge >= 0.3 is 5.97 Å². The number of aromatic nitrogens is 2. The van der Waals surface area contributed by atoms with Gasteiger partial charge in [-0.15, -0.1) is 11.8 Å². The number of esters is 1. The largest absolute Gasteiger partial charge is 0.468 e. The zero-order valence-electron chi connectivity index (χ0n) is 13.6. The average Bonchev–Trinajstić information content (AvgIpc) is 3.04. The lowest BCUT2D eigenvalue weighted by Gasteiger charge is -2.09. The van der Waals surface area contributed by atoms with Gasteiger partial charge in [0.15, 0.2) is 0 Å². The van der Waals surface area contributed by atoms with Crippen LogP contribution < -0.4 is 5.32 Å². The van der Waals surface area contributed by atoms with E-state index >= 15 is 0 Å². The first-order valence-electron chi connectivity index (χ1n) is 7.69. The van der Waals surface area contributed by atoms with E-state index in [1.54, 1.807) is 16.9 Å². The third kappa shape index (κ3) is 6.08. The molecule has 0 fully saturated rings. The van der Waals surface area contributed by atoms with E-state index in [4.69, 9.17) is 0 Å². The Labute approximate surface area is 145 Å². The molecule has 2 rings (SSSR count). The van der Waals surface area contributed by atoms with E-state index in [-0.39, 0.29) is 17.6 Å². The lowest BCUT2D eigenvalue weighted by Crippen LogP contribution is -2.17. The molecule has 0 radical (unpaired) electrons. The monoisotopic (exact) mass is 347 g/mol. The molecule has 0 spiro atoms. The smallest absolute Gasteiger partial charge is 0.315 e. The highest BCUT2D eigenvalue weighted by Crippen LogP contribution is 2.10. The number of nitrogens with one attached hydrogen (secondary N) is 1. The summed E-state index contributed by atoms with van der Waals surface area (Å²) in [6, 6.07) is 11.9. The van der Waals surface area contributed by atoms with Crippen molar-refractivity contribution in [2.45, 2.75) is 19.4 Å². The molecular weight excluding hydrogens is 326 g/mol. The summed E-state index contributed by atoms with van der Waals surface area (Å²) >= 11 is 1.38. The molecule has 1 aromatic carbocycles. The van der Waals surface area contributed by atoms with Crippen molar-refractivity contribution >= 4 is 29.5 Å². The average molecular weight is 347 g/mol. The van der Waals surface area contributed by atoms with E-state index in [1.807, 2.05) is 18.2 Å². The first kappa shape index (κ1) is 18.1. The zero-order valence-corrected chi connectivity index (χ0v) is 14.4. The van der Waals surface area contributed by atoms with Gasteiger partial charge in [-0.05, 0) is 12.0 Å². The summed E-state index contributed by atoms with van der Waals surface area (Å²) in [5.74, 6) is 1.15. The number of nitrogens with zero attached hydrogens (tertiary/aromatic N) is 2.